The molecule has 0 heterocycles. The summed E-state index contributed by atoms with van der Waals surface area (Å²) in [5.41, 5.74) is 2.99. The molecule has 2 rings (SSSR count). The summed E-state index contributed by atoms with van der Waals surface area (Å²) >= 11 is 6.01. The van der Waals surface area contributed by atoms with Crippen molar-refractivity contribution in [2.45, 2.75) is 25.6 Å². The first-order valence-electron chi connectivity index (χ1n) is 8.88. The Hall–Kier alpha value is -2.05. The van der Waals surface area contributed by atoms with Crippen LogP contribution >= 0.6 is 11.6 Å². The van der Waals surface area contributed by atoms with Crippen LogP contribution in [-0.4, -0.2) is 33.7 Å². The lowest BCUT2D eigenvalue weighted by Gasteiger charge is -2.11. The molecular formula is C20H26ClN3O2S. The number of rotatable bonds is 8. The van der Waals surface area contributed by atoms with E-state index in [9.17, 15) is 8.42 Å². The third-order valence-electron chi connectivity index (χ3n) is 3.81. The fourth-order valence-corrected chi connectivity index (χ4v) is 3.58. The van der Waals surface area contributed by atoms with Crippen LogP contribution in [0.1, 0.15) is 23.6 Å². The van der Waals surface area contributed by atoms with Crippen LogP contribution in [0.15, 0.2) is 53.5 Å². The molecule has 0 spiro atoms. The van der Waals surface area contributed by atoms with Crippen LogP contribution < -0.4 is 10.6 Å². The van der Waals surface area contributed by atoms with Crippen LogP contribution in [0.3, 0.4) is 0 Å². The zero-order chi connectivity index (χ0) is 19.7. The van der Waals surface area contributed by atoms with E-state index < -0.39 is 9.84 Å². The molecule has 0 aromatic heterocycles. The van der Waals surface area contributed by atoms with E-state index in [0.717, 1.165) is 41.6 Å². The molecule has 2 aromatic carbocycles. The van der Waals surface area contributed by atoms with Gasteiger partial charge in [-0.25, -0.2) is 13.4 Å². The largest absolute Gasteiger partial charge is 0.357 e. The summed E-state index contributed by atoms with van der Waals surface area (Å²) in [6.07, 6.45) is 2.09. The Morgan fingerprint density at radius 1 is 1.04 bits per heavy atom. The number of hydrogen-bond acceptors (Lipinski definition) is 3. The van der Waals surface area contributed by atoms with E-state index in [2.05, 4.69) is 21.7 Å². The highest BCUT2D eigenvalue weighted by Crippen LogP contribution is 2.11. The van der Waals surface area contributed by atoms with Gasteiger partial charge in [0.15, 0.2) is 15.8 Å². The Morgan fingerprint density at radius 3 is 2.37 bits per heavy atom. The summed E-state index contributed by atoms with van der Waals surface area (Å²) in [6, 6.07) is 15.3. The first kappa shape index (κ1) is 21.3. The lowest BCUT2D eigenvalue weighted by atomic mass is 10.1. The minimum atomic E-state index is -3.01. The molecule has 0 aliphatic carbocycles. The van der Waals surface area contributed by atoms with Crippen LogP contribution in [0.25, 0.3) is 0 Å². The average molecular weight is 408 g/mol. The van der Waals surface area contributed by atoms with Crippen molar-refractivity contribution < 1.29 is 8.42 Å². The number of aliphatic imine (C=N–C) groups is 1. The minimum absolute atomic E-state index is 0.0598. The van der Waals surface area contributed by atoms with Gasteiger partial charge in [0.25, 0.3) is 0 Å². The maximum Gasteiger partial charge on any atom is 0.191 e. The van der Waals surface area contributed by atoms with Gasteiger partial charge in [-0.1, -0.05) is 48.0 Å². The van der Waals surface area contributed by atoms with E-state index in [4.69, 9.17) is 11.6 Å². The molecule has 0 amide bonds. The van der Waals surface area contributed by atoms with Crippen molar-refractivity contribution in [2.75, 3.05) is 19.3 Å². The topological polar surface area (TPSA) is 70.6 Å². The summed E-state index contributed by atoms with van der Waals surface area (Å²) in [5.74, 6) is 0.810. The van der Waals surface area contributed by atoms with Crippen LogP contribution in [0.4, 0.5) is 0 Å². The molecule has 146 valence electrons. The molecule has 0 saturated heterocycles. The first-order valence-corrected chi connectivity index (χ1v) is 11.3. The Balaban J connectivity index is 1.90. The van der Waals surface area contributed by atoms with Gasteiger partial charge in [-0.15, -0.1) is 0 Å². The van der Waals surface area contributed by atoms with E-state index in [1.165, 1.54) is 11.8 Å². The molecule has 7 heteroatoms. The van der Waals surface area contributed by atoms with Gasteiger partial charge in [-0.2, -0.15) is 0 Å². The van der Waals surface area contributed by atoms with Gasteiger partial charge in [0.1, 0.15) is 0 Å². The molecule has 0 atom stereocenters. The summed E-state index contributed by atoms with van der Waals surface area (Å²) in [5, 5.41) is 7.29. The van der Waals surface area contributed by atoms with Gasteiger partial charge in [-0.3, -0.25) is 0 Å². The normalized spacial score (nSPS) is 12.0. The second-order valence-corrected chi connectivity index (χ2v) is 8.97. The Morgan fingerprint density at radius 2 is 1.74 bits per heavy atom. The summed E-state index contributed by atoms with van der Waals surface area (Å²) < 4.78 is 22.7. The number of guanidine groups is 1. The molecule has 0 radical (unpaired) electrons. The van der Waals surface area contributed by atoms with Crippen LogP contribution in [-0.2, 0) is 28.6 Å². The zero-order valence-electron chi connectivity index (χ0n) is 15.7. The fraction of sp³-hybridized carbons (Fsp3) is 0.350. The van der Waals surface area contributed by atoms with Gasteiger partial charge >= 0.3 is 0 Å². The molecule has 0 unspecified atom stereocenters. The highest BCUT2D eigenvalue weighted by molar-refractivity contribution is 7.89. The lowest BCUT2D eigenvalue weighted by molar-refractivity contribution is 0.601. The lowest BCUT2D eigenvalue weighted by Crippen LogP contribution is -2.38. The molecule has 0 aliphatic heterocycles. The monoisotopic (exact) mass is 407 g/mol. The average Bonchev–Trinajstić information content (AvgIpc) is 2.60. The Bertz CT molecular complexity index is 865. The van der Waals surface area contributed by atoms with Crippen molar-refractivity contribution in [1.29, 1.82) is 0 Å². The molecule has 2 aromatic rings. The van der Waals surface area contributed by atoms with E-state index in [-0.39, 0.29) is 5.75 Å². The molecule has 2 N–H and O–H groups in total. The van der Waals surface area contributed by atoms with Crippen molar-refractivity contribution in [1.82, 2.24) is 10.6 Å². The highest BCUT2D eigenvalue weighted by Gasteiger charge is 2.04. The van der Waals surface area contributed by atoms with E-state index in [1.807, 2.05) is 49.4 Å². The van der Waals surface area contributed by atoms with Crippen molar-refractivity contribution in [2.24, 2.45) is 4.99 Å². The maximum atomic E-state index is 11.3. The Kier molecular flexibility index (Phi) is 8.13. The van der Waals surface area contributed by atoms with Crippen LogP contribution in [0, 0.1) is 0 Å². The highest BCUT2D eigenvalue weighted by atomic mass is 35.5. The molecule has 5 nitrogen and oxygen atoms in total. The van der Waals surface area contributed by atoms with Gasteiger partial charge in [0, 0.05) is 24.4 Å². The summed E-state index contributed by atoms with van der Waals surface area (Å²) in [7, 11) is -3.01. The predicted molar refractivity (Wildman–Crippen MR) is 113 cm³/mol. The Labute approximate surface area is 166 Å². The number of sulfone groups is 1. The van der Waals surface area contributed by atoms with Crippen molar-refractivity contribution in [3.05, 3.63) is 70.2 Å². The minimum Gasteiger partial charge on any atom is -0.357 e. The molecule has 0 bridgehead atoms. The van der Waals surface area contributed by atoms with Crippen molar-refractivity contribution >= 4 is 27.4 Å². The summed E-state index contributed by atoms with van der Waals surface area (Å²) in [6.45, 7) is 4.07. The predicted octanol–water partition coefficient (Wildman–Crippen LogP) is 3.18. The van der Waals surface area contributed by atoms with Crippen molar-refractivity contribution in [3.63, 3.8) is 0 Å². The number of halogens is 1. The molecule has 27 heavy (non-hydrogen) atoms. The van der Waals surface area contributed by atoms with Crippen LogP contribution in [0.2, 0.25) is 5.02 Å². The SMILES string of the molecule is CCNC(=NCc1ccc(CS(C)(=O)=O)cc1)NCCc1cccc(Cl)c1. The van der Waals surface area contributed by atoms with Gasteiger partial charge in [0.2, 0.25) is 0 Å². The zero-order valence-corrected chi connectivity index (χ0v) is 17.3. The number of nitrogens with zero attached hydrogens (tertiary/aromatic N) is 1. The molecule has 0 aliphatic rings. The first-order chi connectivity index (χ1) is 12.9. The van der Waals surface area contributed by atoms with Crippen molar-refractivity contribution in [3.8, 4) is 0 Å². The number of benzene rings is 2. The van der Waals surface area contributed by atoms with E-state index in [1.54, 1.807) is 0 Å². The van der Waals surface area contributed by atoms with Crippen LogP contribution in [0.5, 0.6) is 0 Å². The maximum absolute atomic E-state index is 11.3. The summed E-state index contributed by atoms with van der Waals surface area (Å²) in [4.78, 5) is 4.59. The number of nitrogens with one attached hydrogen (secondary N) is 2. The smallest absolute Gasteiger partial charge is 0.191 e. The van der Waals surface area contributed by atoms with Gasteiger partial charge < -0.3 is 10.6 Å². The third kappa shape index (κ3) is 8.45. The second-order valence-electron chi connectivity index (χ2n) is 6.39. The fourth-order valence-electron chi connectivity index (χ4n) is 2.57. The quantitative estimate of drug-likeness (QED) is 0.520. The molecular weight excluding hydrogens is 382 g/mol. The third-order valence-corrected chi connectivity index (χ3v) is 4.90. The standard InChI is InChI=1S/C20H26ClN3O2S/c1-3-22-20(23-12-11-16-5-4-6-19(21)13-16)24-14-17-7-9-18(10-8-17)15-27(2,25)26/h4-10,13H,3,11-12,14-15H2,1-2H3,(H2,22,23,24). The number of hydrogen-bond donors (Lipinski definition) is 2. The second kappa shape index (κ2) is 10.3. The van der Waals surface area contributed by atoms with E-state index in [0.29, 0.717) is 6.54 Å². The van der Waals surface area contributed by atoms with Gasteiger partial charge in [0.05, 0.1) is 12.3 Å². The molecule has 0 fully saturated rings. The van der Waals surface area contributed by atoms with E-state index >= 15 is 0 Å². The molecule has 0 saturated carbocycles. The van der Waals surface area contributed by atoms with Gasteiger partial charge in [-0.05, 0) is 42.2 Å².